The van der Waals surface area contributed by atoms with E-state index in [1.165, 1.54) is 19.9 Å². The number of aliphatic carboxylic acids is 1. The van der Waals surface area contributed by atoms with Gasteiger partial charge in [0.25, 0.3) is 0 Å². The molecule has 1 unspecified atom stereocenters. The number of carbonyl (C=O) groups is 8. The fourth-order valence-corrected chi connectivity index (χ4v) is 10.1. The normalized spacial score (nSPS) is 25.2. The second kappa shape index (κ2) is 25.1. The highest BCUT2D eigenvalue weighted by Gasteiger charge is 2.49. The van der Waals surface area contributed by atoms with Gasteiger partial charge in [-0.25, -0.2) is 24.0 Å². The van der Waals surface area contributed by atoms with E-state index in [0.717, 1.165) is 36.8 Å². The average molecular weight is 1020 g/mol. The first-order valence-corrected chi connectivity index (χ1v) is 25.4. The summed E-state index contributed by atoms with van der Waals surface area (Å²) in [6.45, 7) is 12.1. The molecule has 4 heterocycles. The van der Waals surface area contributed by atoms with Gasteiger partial charge in [-0.1, -0.05) is 73.5 Å². The number of carbonyl (C=O) groups excluding carboxylic acids is 7. The smallest absolute Gasteiger partial charge is 0.407 e. The lowest BCUT2D eigenvalue weighted by Gasteiger charge is -2.29. The number of benzene rings is 2. The maximum absolute atomic E-state index is 12.9. The van der Waals surface area contributed by atoms with Gasteiger partial charge in [0.2, 0.25) is 5.91 Å². The number of alkyl carbamates (subject to hydrolysis) is 2. The highest BCUT2D eigenvalue weighted by Crippen LogP contribution is 2.33. The van der Waals surface area contributed by atoms with Crippen molar-refractivity contribution in [2.45, 2.75) is 166 Å². The molecule has 21 nitrogen and oxygen atoms in total. The molecule has 6 N–H and O–H groups in total. The summed E-state index contributed by atoms with van der Waals surface area (Å²) in [5.41, 5.74) is 6.15. The number of fused-ring (bicyclic) bond motifs is 4. The van der Waals surface area contributed by atoms with Crippen molar-refractivity contribution >= 4 is 47.7 Å². The summed E-state index contributed by atoms with van der Waals surface area (Å²) >= 11 is 0. The van der Waals surface area contributed by atoms with Crippen LogP contribution >= 0.6 is 0 Å². The van der Waals surface area contributed by atoms with Crippen molar-refractivity contribution in [2.24, 2.45) is 17.6 Å². The molecular weight excluding hydrogens is 945 g/mol. The third-order valence-electron chi connectivity index (χ3n) is 13.6. The number of ether oxygens (including phenoxy) is 2. The van der Waals surface area contributed by atoms with Crippen molar-refractivity contribution in [2.75, 3.05) is 26.2 Å². The van der Waals surface area contributed by atoms with E-state index in [9.17, 15) is 38.4 Å². The van der Waals surface area contributed by atoms with Gasteiger partial charge in [0, 0.05) is 37.0 Å². The molecule has 2 saturated carbocycles. The van der Waals surface area contributed by atoms with Crippen LogP contribution < -0.4 is 21.7 Å². The monoisotopic (exact) mass is 1020 g/mol. The quantitative estimate of drug-likeness (QED) is 0.149. The van der Waals surface area contributed by atoms with Gasteiger partial charge in [-0.2, -0.15) is 10.1 Å². The largest absolute Gasteiger partial charge is 0.480 e. The van der Waals surface area contributed by atoms with Crippen LogP contribution in [0.15, 0.2) is 60.7 Å². The lowest BCUT2D eigenvalue weighted by Crippen LogP contribution is -2.51. The van der Waals surface area contributed by atoms with Crippen LogP contribution in [0, 0.1) is 11.8 Å². The molecule has 73 heavy (non-hydrogen) atoms. The Bertz CT molecular complexity index is 2260. The molecule has 4 saturated heterocycles. The number of Topliss-reactive ketones (excluding diaryl/α,β-unsaturated/α-hetero) is 2. The minimum Gasteiger partial charge on any atom is -0.480 e. The van der Waals surface area contributed by atoms with E-state index in [1.807, 2.05) is 81.4 Å². The number of ketones is 2. The molecule has 2 aromatic carbocycles. The Morgan fingerprint density at radius 1 is 0.603 bits per heavy atom. The van der Waals surface area contributed by atoms with E-state index in [-0.39, 0.29) is 85.2 Å². The number of nitrogens with one attached hydrogen (secondary N) is 3. The zero-order valence-corrected chi connectivity index (χ0v) is 42.9. The molecule has 4 aliphatic heterocycles. The molecule has 2 aromatic rings. The van der Waals surface area contributed by atoms with Crippen molar-refractivity contribution in [3.05, 3.63) is 71.8 Å². The number of amides is 7. The van der Waals surface area contributed by atoms with Gasteiger partial charge in [0.1, 0.15) is 36.5 Å². The number of rotatable bonds is 15. The Morgan fingerprint density at radius 3 is 1.45 bits per heavy atom. The van der Waals surface area contributed by atoms with Crippen molar-refractivity contribution in [1.29, 1.82) is 0 Å². The van der Waals surface area contributed by atoms with Crippen molar-refractivity contribution in [1.82, 2.24) is 35.9 Å². The number of carboxylic acids is 1. The molecule has 400 valence electrons. The van der Waals surface area contributed by atoms with Gasteiger partial charge in [0.05, 0.1) is 25.2 Å². The maximum atomic E-state index is 12.9. The lowest BCUT2D eigenvalue weighted by molar-refractivity contribution is -0.143. The van der Waals surface area contributed by atoms with E-state index in [0.29, 0.717) is 58.2 Å². The highest BCUT2D eigenvalue weighted by molar-refractivity contribution is 5.93. The molecule has 2 aliphatic carbocycles. The lowest BCUT2D eigenvalue weighted by atomic mass is 9.97. The SMILES string of the molecule is CC(C)(C)OC(=O)NC1CCC[C@H]1C(=O)CN.CC(C)(C)OC(=O)N[C@@H]1CCC[C@H]1C(=O)CNC(=O)[C@@H]1CC[C@@H]2CN1C(=O)N2OCc1ccccc1.O=C(O)[C@@H]1CC[C@@H]2CN1C(=O)N2OCc1ccccc1. The average Bonchev–Trinajstić information content (AvgIpc) is 4.11. The molecule has 6 fully saturated rings. The van der Waals surface area contributed by atoms with Gasteiger partial charge in [-0.3, -0.25) is 24.1 Å². The number of piperidine rings is 2. The van der Waals surface area contributed by atoms with Crippen LogP contribution in [0.2, 0.25) is 0 Å². The second-order valence-electron chi connectivity index (χ2n) is 21.3. The molecule has 0 aromatic heterocycles. The summed E-state index contributed by atoms with van der Waals surface area (Å²) in [5, 5.41) is 20.1. The van der Waals surface area contributed by atoms with Crippen LogP contribution in [0.1, 0.15) is 117 Å². The van der Waals surface area contributed by atoms with Gasteiger partial charge in [-0.15, -0.1) is 0 Å². The number of hydrogen-bond acceptors (Lipinski definition) is 13. The number of nitrogens with two attached hydrogens (primary N) is 1. The Morgan fingerprint density at radius 2 is 1.03 bits per heavy atom. The Balaban J connectivity index is 0.000000198. The van der Waals surface area contributed by atoms with Crippen LogP contribution in [0.25, 0.3) is 0 Å². The topological polar surface area (TPSA) is 269 Å². The third kappa shape index (κ3) is 15.6. The minimum atomic E-state index is -0.943. The molecule has 8 atom stereocenters. The molecule has 7 amide bonds. The molecule has 0 radical (unpaired) electrons. The standard InChI is InChI=1S/C26H36N4O6.C14H16N2O4.C12H22N2O3/c1-26(2,3)36-24(33)28-20-11-7-10-19(20)22(31)14-27-23(32)21-13-12-18-15-29(21)25(34)30(18)35-16-17-8-5-4-6-9-17;17-13(18)12-7-6-11-8-15(12)14(19)16(11)20-9-10-4-2-1-3-5-10;1-12(2,3)17-11(16)14-9-6-4-5-8(9)10(15)7-13/h4-6,8-9,18-21H,7,10-16H2,1-3H3,(H,27,32)(H,28,33);1-5,11-12H,6-9H2,(H,17,18);8-9H,4-7,13H2,1-3H3,(H,14,16)/t18-,19-,20-,21+;11-,12+;8-,9?/m111/s1. The van der Waals surface area contributed by atoms with Crippen LogP contribution in [0.5, 0.6) is 0 Å². The van der Waals surface area contributed by atoms with Gasteiger partial charge in [0.15, 0.2) is 11.6 Å². The first-order chi connectivity index (χ1) is 34.6. The minimum absolute atomic E-state index is 0.0172. The molecule has 21 heteroatoms. The van der Waals surface area contributed by atoms with Crippen molar-refractivity contribution in [3.63, 3.8) is 0 Å². The van der Waals surface area contributed by atoms with Gasteiger partial charge < -0.3 is 46.1 Å². The predicted octanol–water partition coefficient (Wildman–Crippen LogP) is 5.44. The number of urea groups is 2. The summed E-state index contributed by atoms with van der Waals surface area (Å²) in [4.78, 5) is 112. The number of hydroxylamine groups is 4. The molecule has 8 rings (SSSR count). The van der Waals surface area contributed by atoms with Crippen molar-refractivity contribution < 1.29 is 62.6 Å². The Kier molecular flexibility index (Phi) is 19.2. The van der Waals surface area contributed by atoms with Crippen LogP contribution in [-0.4, -0.2) is 146 Å². The van der Waals surface area contributed by atoms with E-state index in [1.54, 1.807) is 20.8 Å². The highest BCUT2D eigenvalue weighted by atomic mass is 16.7. The molecule has 4 bridgehead atoms. The molecule has 0 spiro atoms. The van der Waals surface area contributed by atoms with E-state index in [2.05, 4.69) is 16.0 Å². The summed E-state index contributed by atoms with van der Waals surface area (Å²) in [5.74, 6) is -1.91. The van der Waals surface area contributed by atoms with Crippen LogP contribution in [0.4, 0.5) is 19.2 Å². The van der Waals surface area contributed by atoms with Crippen molar-refractivity contribution in [3.8, 4) is 0 Å². The van der Waals surface area contributed by atoms with Crippen LogP contribution in [-0.2, 0) is 51.5 Å². The first kappa shape index (κ1) is 56.0. The number of hydrogen-bond donors (Lipinski definition) is 5. The maximum Gasteiger partial charge on any atom is 0.407 e. The molecule has 6 aliphatic rings. The number of nitrogens with zero attached hydrogens (tertiary/aromatic N) is 4. The fraction of sp³-hybridized carbons (Fsp3) is 0.615. The summed E-state index contributed by atoms with van der Waals surface area (Å²) < 4.78 is 10.5. The van der Waals surface area contributed by atoms with E-state index >= 15 is 0 Å². The predicted molar refractivity (Wildman–Crippen MR) is 265 cm³/mol. The number of carboxylic acid groups (broad SMARTS) is 1. The summed E-state index contributed by atoms with van der Waals surface area (Å²) in [6, 6.07) is 16.6. The third-order valence-corrected chi connectivity index (χ3v) is 13.6. The summed E-state index contributed by atoms with van der Waals surface area (Å²) in [6.07, 6.45) is 6.01. The zero-order valence-electron chi connectivity index (χ0n) is 42.9. The zero-order chi connectivity index (χ0) is 53.0. The molecular formula is C52H74N8O13. The van der Waals surface area contributed by atoms with E-state index in [4.69, 9.17) is 30.0 Å². The fourth-order valence-electron chi connectivity index (χ4n) is 10.1. The van der Waals surface area contributed by atoms with Gasteiger partial charge >= 0.3 is 30.2 Å². The Labute approximate surface area is 427 Å². The van der Waals surface area contributed by atoms with Gasteiger partial charge in [-0.05, 0) is 104 Å². The first-order valence-electron chi connectivity index (χ1n) is 25.4. The Hall–Kier alpha value is -6.32. The second-order valence-corrected chi connectivity index (χ2v) is 21.3. The van der Waals surface area contributed by atoms with E-state index < -0.39 is 41.4 Å². The van der Waals surface area contributed by atoms with Crippen LogP contribution in [0.3, 0.4) is 0 Å². The summed E-state index contributed by atoms with van der Waals surface area (Å²) in [7, 11) is 0.